The number of hydrogen-bond donors (Lipinski definition) is 0. The summed E-state index contributed by atoms with van der Waals surface area (Å²) in [5.41, 5.74) is 10.7. The molecule has 0 saturated heterocycles. The van der Waals surface area contributed by atoms with Gasteiger partial charge in [0.1, 0.15) is 0 Å². The maximum atomic E-state index is 5.89. The topological polar surface area (TPSA) is 25.2 Å². The van der Waals surface area contributed by atoms with E-state index < -0.39 is 0 Å². The summed E-state index contributed by atoms with van der Waals surface area (Å²) >= 11 is 0. The summed E-state index contributed by atoms with van der Waals surface area (Å²) in [5, 5.41) is 7.62. The molecule has 8 rings (SSSR count). The minimum absolute atomic E-state index is 0.185. The minimum Gasteiger partial charge on any atom is -0.260 e. The van der Waals surface area contributed by atoms with Gasteiger partial charge in [0.2, 0.25) is 0 Å². The molecule has 0 bridgehead atoms. The van der Waals surface area contributed by atoms with Crippen LogP contribution in [0.4, 0.5) is 0 Å². The molecule has 6 aromatic carbocycles. The molecule has 46 heavy (non-hydrogen) atoms. The van der Waals surface area contributed by atoms with Gasteiger partial charge < -0.3 is 0 Å². The molecular formula is C44H32N2. The summed E-state index contributed by atoms with van der Waals surface area (Å²) < 4.78 is 0. The molecule has 0 radical (unpaired) electrons. The smallest absolute Gasteiger partial charge is 0.0708 e. The molecule has 0 fully saturated rings. The van der Waals surface area contributed by atoms with E-state index in [1.54, 1.807) is 0 Å². The highest BCUT2D eigenvalue weighted by Gasteiger charge is 2.33. The number of benzene rings is 6. The first-order valence-electron chi connectivity index (χ1n) is 15.7. The number of allylic oxidation sites excluding steroid dienone is 1. The van der Waals surface area contributed by atoms with E-state index in [1.807, 2.05) is 48.8 Å². The van der Waals surface area contributed by atoms with E-state index in [1.165, 1.54) is 49.0 Å². The van der Waals surface area contributed by atoms with Crippen molar-refractivity contribution in [1.29, 1.82) is 0 Å². The lowest BCUT2D eigenvalue weighted by Gasteiger charge is -2.35. The zero-order chi connectivity index (χ0) is 31.4. The third-order valence-corrected chi connectivity index (χ3v) is 9.65. The van der Waals surface area contributed by atoms with Gasteiger partial charge in [0.25, 0.3) is 0 Å². The lowest BCUT2D eigenvalue weighted by Crippen LogP contribution is -2.23. The molecule has 0 N–H and O–H groups in total. The highest BCUT2D eigenvalue weighted by molar-refractivity contribution is 6.28. The lowest BCUT2D eigenvalue weighted by atomic mass is 9.68. The highest BCUT2D eigenvalue weighted by atomic mass is 14.7. The van der Waals surface area contributed by atoms with Crippen molar-refractivity contribution in [3.8, 4) is 34.7 Å². The standard InChI is InChI=1S/C44H32N2/c1-5-29(30-12-8-6-9-13-30)26-45-28(2)34-21-23-38-42-36(34)19-16-32-17-20-37-35(22-24-39(44(38,3)4)43(37)41(32)42)40-25-18-33(27-46-40)31-14-10-7-11-15-31/h1,6-27H,2-4H3/b29-26+,45-28?. The Morgan fingerprint density at radius 2 is 1.37 bits per heavy atom. The second-order valence-electron chi connectivity index (χ2n) is 12.6. The SMILES string of the molecule is C#C/C(=C\N=C(C)c1ccc2c3c1ccc1ccc4c(-c5ccc(-c6ccccc6)cn5)ccc(c4c13)C2(C)C)c1ccccc1. The fourth-order valence-electron chi connectivity index (χ4n) is 7.23. The van der Waals surface area contributed by atoms with Crippen molar-refractivity contribution in [2.75, 3.05) is 0 Å². The second kappa shape index (κ2) is 10.7. The van der Waals surface area contributed by atoms with Crippen molar-refractivity contribution < 1.29 is 0 Å². The Bertz CT molecular complexity index is 2420. The average Bonchev–Trinajstić information content (AvgIpc) is 3.11. The molecule has 1 aliphatic rings. The molecule has 1 aromatic heterocycles. The molecule has 218 valence electrons. The second-order valence-corrected chi connectivity index (χ2v) is 12.6. The molecule has 2 heteroatoms. The molecule has 0 saturated carbocycles. The first-order chi connectivity index (χ1) is 22.5. The summed E-state index contributed by atoms with van der Waals surface area (Å²) in [6, 6.07) is 42.9. The Balaban J connectivity index is 1.33. The van der Waals surface area contributed by atoms with Gasteiger partial charge in [-0.25, -0.2) is 0 Å². The Morgan fingerprint density at radius 1 is 0.696 bits per heavy atom. The van der Waals surface area contributed by atoms with Crippen LogP contribution >= 0.6 is 0 Å². The maximum Gasteiger partial charge on any atom is 0.0708 e. The zero-order valence-corrected chi connectivity index (χ0v) is 26.2. The van der Waals surface area contributed by atoms with Gasteiger partial charge in [0, 0.05) is 45.8 Å². The van der Waals surface area contributed by atoms with E-state index in [0.29, 0.717) is 0 Å². The van der Waals surface area contributed by atoms with Crippen LogP contribution in [0.1, 0.15) is 43.0 Å². The molecular weight excluding hydrogens is 556 g/mol. The molecule has 1 aliphatic carbocycles. The van der Waals surface area contributed by atoms with Crippen molar-refractivity contribution in [2.24, 2.45) is 4.99 Å². The molecule has 2 nitrogen and oxygen atoms in total. The maximum absolute atomic E-state index is 5.89. The van der Waals surface area contributed by atoms with Gasteiger partial charge in [-0.2, -0.15) is 0 Å². The van der Waals surface area contributed by atoms with Crippen LogP contribution in [0.25, 0.3) is 60.3 Å². The molecule has 0 aliphatic heterocycles. The van der Waals surface area contributed by atoms with E-state index in [2.05, 4.69) is 112 Å². The van der Waals surface area contributed by atoms with Crippen molar-refractivity contribution in [1.82, 2.24) is 4.98 Å². The van der Waals surface area contributed by atoms with Gasteiger partial charge >= 0.3 is 0 Å². The summed E-state index contributed by atoms with van der Waals surface area (Å²) in [6.07, 6.45) is 9.69. The number of aliphatic imine (C=N–C) groups is 1. The quantitative estimate of drug-likeness (QED) is 0.112. The van der Waals surface area contributed by atoms with Gasteiger partial charge in [-0.15, -0.1) is 6.42 Å². The first-order valence-corrected chi connectivity index (χ1v) is 15.7. The Morgan fingerprint density at radius 3 is 2.07 bits per heavy atom. The van der Waals surface area contributed by atoms with Crippen molar-refractivity contribution in [3.05, 3.63) is 156 Å². The van der Waals surface area contributed by atoms with Crippen LogP contribution < -0.4 is 0 Å². The number of pyridine rings is 1. The average molecular weight is 589 g/mol. The van der Waals surface area contributed by atoms with Gasteiger partial charge in [-0.1, -0.05) is 135 Å². The molecule has 7 aromatic rings. The predicted octanol–water partition coefficient (Wildman–Crippen LogP) is 11.0. The van der Waals surface area contributed by atoms with E-state index in [-0.39, 0.29) is 5.41 Å². The zero-order valence-electron chi connectivity index (χ0n) is 26.2. The Hall–Kier alpha value is -5.78. The van der Waals surface area contributed by atoms with Crippen molar-refractivity contribution in [3.63, 3.8) is 0 Å². The fourth-order valence-corrected chi connectivity index (χ4v) is 7.23. The predicted molar refractivity (Wildman–Crippen MR) is 195 cm³/mol. The van der Waals surface area contributed by atoms with Crippen LogP contribution in [0, 0.1) is 12.3 Å². The summed E-state index contributed by atoms with van der Waals surface area (Å²) in [5.74, 6) is 2.81. The van der Waals surface area contributed by atoms with Gasteiger partial charge in [0.05, 0.1) is 5.69 Å². The Kier molecular flexibility index (Phi) is 6.45. The van der Waals surface area contributed by atoms with E-state index in [0.717, 1.165) is 39.2 Å². The molecule has 0 unspecified atom stereocenters. The van der Waals surface area contributed by atoms with Crippen LogP contribution in [0.5, 0.6) is 0 Å². The first kappa shape index (κ1) is 27.7. The number of terminal acetylenes is 1. The third kappa shape index (κ3) is 4.28. The summed E-state index contributed by atoms with van der Waals surface area (Å²) in [6.45, 7) is 6.77. The van der Waals surface area contributed by atoms with E-state index in [9.17, 15) is 0 Å². The van der Waals surface area contributed by atoms with Gasteiger partial charge in [-0.3, -0.25) is 9.98 Å². The lowest BCUT2D eigenvalue weighted by molar-refractivity contribution is 0.652. The van der Waals surface area contributed by atoms with Crippen LogP contribution in [0.3, 0.4) is 0 Å². The largest absolute Gasteiger partial charge is 0.260 e. The van der Waals surface area contributed by atoms with E-state index in [4.69, 9.17) is 16.4 Å². The van der Waals surface area contributed by atoms with Crippen LogP contribution in [0.15, 0.2) is 139 Å². The monoisotopic (exact) mass is 588 g/mol. The van der Waals surface area contributed by atoms with Gasteiger partial charge in [-0.05, 0) is 67.6 Å². The number of hydrogen-bond acceptors (Lipinski definition) is 2. The highest BCUT2D eigenvalue weighted by Crippen LogP contribution is 2.50. The summed E-state index contributed by atoms with van der Waals surface area (Å²) in [7, 11) is 0. The molecule has 0 spiro atoms. The van der Waals surface area contributed by atoms with E-state index >= 15 is 0 Å². The molecule has 0 amide bonds. The van der Waals surface area contributed by atoms with Crippen LogP contribution in [-0.4, -0.2) is 10.7 Å². The van der Waals surface area contributed by atoms with Crippen molar-refractivity contribution in [2.45, 2.75) is 26.2 Å². The minimum atomic E-state index is -0.185. The number of nitrogens with zero attached hydrogens (tertiary/aromatic N) is 2. The van der Waals surface area contributed by atoms with Crippen molar-refractivity contribution >= 4 is 43.6 Å². The van der Waals surface area contributed by atoms with Crippen LogP contribution in [-0.2, 0) is 5.41 Å². The van der Waals surface area contributed by atoms with Gasteiger partial charge in [0.15, 0.2) is 0 Å². The third-order valence-electron chi connectivity index (χ3n) is 9.65. The Labute approximate surface area is 269 Å². The number of rotatable bonds is 5. The molecule has 0 atom stereocenters. The molecule has 1 heterocycles. The fraction of sp³-hybridized carbons (Fsp3) is 0.0909. The normalized spacial score (nSPS) is 14.0. The van der Waals surface area contributed by atoms with Crippen LogP contribution in [0.2, 0.25) is 0 Å². The summed E-state index contributed by atoms with van der Waals surface area (Å²) in [4.78, 5) is 9.87. The number of aromatic nitrogens is 1.